The van der Waals surface area contributed by atoms with Gasteiger partial charge in [0.05, 0.1) is 17.7 Å². The van der Waals surface area contributed by atoms with E-state index in [0.29, 0.717) is 11.1 Å². The number of carbonyl (C=O) groups excluding carboxylic acids is 1. The lowest BCUT2D eigenvalue weighted by molar-refractivity contribution is 0.0940. The number of fused-ring (bicyclic) bond motifs is 1. The third-order valence-electron chi connectivity index (χ3n) is 8.18. The average molecular weight is 540 g/mol. The van der Waals surface area contributed by atoms with Crippen molar-refractivity contribution >= 4 is 16.8 Å². The highest BCUT2D eigenvalue weighted by Crippen LogP contribution is 2.29. The molecular formula is C37H37N3O. The topological polar surface area (TPSA) is 57.8 Å². The van der Waals surface area contributed by atoms with Crippen molar-refractivity contribution in [2.45, 2.75) is 59.5 Å². The molecule has 1 heterocycles. The molecule has 1 amide bonds. The summed E-state index contributed by atoms with van der Waals surface area (Å²) < 4.78 is 2.31. The van der Waals surface area contributed by atoms with E-state index in [1.54, 1.807) is 0 Å². The quantitative estimate of drug-likeness (QED) is 0.235. The van der Waals surface area contributed by atoms with Crippen LogP contribution in [0.2, 0.25) is 0 Å². The van der Waals surface area contributed by atoms with Crippen molar-refractivity contribution in [3.05, 3.63) is 130 Å². The first-order valence-corrected chi connectivity index (χ1v) is 14.2. The van der Waals surface area contributed by atoms with Gasteiger partial charge in [0.2, 0.25) is 0 Å². The third kappa shape index (κ3) is 5.67. The number of nitrogens with one attached hydrogen (secondary N) is 1. The molecule has 0 saturated heterocycles. The minimum Gasteiger partial charge on any atom is -0.346 e. The average Bonchev–Trinajstić information content (AvgIpc) is 3.21. The van der Waals surface area contributed by atoms with Crippen molar-refractivity contribution in [1.29, 1.82) is 5.26 Å². The zero-order valence-corrected chi connectivity index (χ0v) is 24.7. The second-order valence-corrected chi connectivity index (χ2v) is 11.9. The zero-order valence-electron chi connectivity index (χ0n) is 24.7. The Bertz CT molecular complexity index is 1760. The fourth-order valence-corrected chi connectivity index (χ4v) is 5.43. The van der Waals surface area contributed by atoms with E-state index in [4.69, 9.17) is 0 Å². The lowest BCUT2D eigenvalue weighted by atomic mass is 9.86. The molecule has 1 N–H and O–H groups in total. The van der Waals surface area contributed by atoms with Gasteiger partial charge in [0.25, 0.3) is 5.91 Å². The molecule has 1 aromatic heterocycles. The number of nitrogens with zero attached hydrogens (tertiary/aromatic N) is 2. The van der Waals surface area contributed by atoms with Crippen molar-refractivity contribution in [3.8, 4) is 17.2 Å². The first-order valence-electron chi connectivity index (χ1n) is 14.2. The van der Waals surface area contributed by atoms with Crippen LogP contribution < -0.4 is 5.32 Å². The number of benzene rings is 4. The van der Waals surface area contributed by atoms with Gasteiger partial charge in [0, 0.05) is 28.7 Å². The summed E-state index contributed by atoms with van der Waals surface area (Å²) in [7, 11) is 0. The third-order valence-corrected chi connectivity index (χ3v) is 8.18. The van der Waals surface area contributed by atoms with Crippen LogP contribution in [0.15, 0.2) is 91.0 Å². The van der Waals surface area contributed by atoms with Gasteiger partial charge >= 0.3 is 0 Å². The van der Waals surface area contributed by atoms with E-state index in [0.717, 1.165) is 34.1 Å². The fourth-order valence-electron chi connectivity index (χ4n) is 5.43. The van der Waals surface area contributed by atoms with Crippen LogP contribution in [0, 0.1) is 25.2 Å². The molecule has 0 bridgehead atoms. The van der Waals surface area contributed by atoms with E-state index in [1.165, 1.54) is 22.4 Å². The molecule has 4 heteroatoms. The highest BCUT2D eigenvalue weighted by atomic mass is 16.1. The van der Waals surface area contributed by atoms with Crippen molar-refractivity contribution in [3.63, 3.8) is 0 Å². The Kier molecular flexibility index (Phi) is 7.56. The normalized spacial score (nSPS) is 12.2. The summed E-state index contributed by atoms with van der Waals surface area (Å²) in [5.74, 6) is -0.0719. The molecular weight excluding hydrogens is 502 g/mol. The number of amides is 1. The van der Waals surface area contributed by atoms with Crippen LogP contribution >= 0.6 is 0 Å². The van der Waals surface area contributed by atoms with Crippen LogP contribution in [-0.4, -0.2) is 10.5 Å². The van der Waals surface area contributed by atoms with Gasteiger partial charge in [0.1, 0.15) is 0 Å². The van der Waals surface area contributed by atoms with Crippen molar-refractivity contribution in [2.75, 3.05) is 0 Å². The maximum atomic E-state index is 13.2. The van der Waals surface area contributed by atoms with Gasteiger partial charge in [-0.15, -0.1) is 0 Å². The molecule has 1 atom stereocenters. The lowest BCUT2D eigenvalue weighted by Gasteiger charge is -2.20. The van der Waals surface area contributed by atoms with Crippen LogP contribution in [-0.2, 0) is 12.0 Å². The maximum Gasteiger partial charge on any atom is 0.251 e. The summed E-state index contributed by atoms with van der Waals surface area (Å²) in [4.78, 5) is 13.2. The molecule has 0 fully saturated rings. The van der Waals surface area contributed by atoms with Gasteiger partial charge in [-0.05, 0) is 83.8 Å². The predicted molar refractivity (Wildman–Crippen MR) is 168 cm³/mol. The Morgan fingerprint density at radius 1 is 0.927 bits per heavy atom. The summed E-state index contributed by atoms with van der Waals surface area (Å²) in [5, 5.41) is 13.7. The highest BCUT2D eigenvalue weighted by molar-refractivity contribution is 5.99. The second kappa shape index (κ2) is 11.1. The molecule has 4 nitrogen and oxygen atoms in total. The Hall–Kier alpha value is -4.62. The van der Waals surface area contributed by atoms with E-state index in [1.807, 2.05) is 43.3 Å². The van der Waals surface area contributed by atoms with Gasteiger partial charge in [-0.3, -0.25) is 4.79 Å². The molecule has 0 aliphatic carbocycles. The monoisotopic (exact) mass is 539 g/mol. The number of rotatable bonds is 6. The van der Waals surface area contributed by atoms with E-state index in [2.05, 4.69) is 105 Å². The largest absolute Gasteiger partial charge is 0.346 e. The van der Waals surface area contributed by atoms with Crippen LogP contribution in [0.4, 0.5) is 0 Å². The lowest BCUT2D eigenvalue weighted by Crippen LogP contribution is -2.26. The fraction of sp³-hybridized carbons (Fsp3) is 0.243. The zero-order chi connectivity index (χ0) is 29.3. The summed E-state index contributed by atoms with van der Waals surface area (Å²) >= 11 is 0. The second-order valence-electron chi connectivity index (χ2n) is 11.9. The predicted octanol–water partition coefficient (Wildman–Crippen LogP) is 8.63. The van der Waals surface area contributed by atoms with E-state index >= 15 is 0 Å². The maximum absolute atomic E-state index is 13.2. The number of carbonyl (C=O) groups is 1. The summed E-state index contributed by atoms with van der Waals surface area (Å²) in [5.41, 5.74) is 10.4. The summed E-state index contributed by atoms with van der Waals surface area (Å²) in [6.45, 7) is 13.6. The summed E-state index contributed by atoms with van der Waals surface area (Å²) in [6, 6.07) is 32.8. The number of aryl methyl sites for hydroxylation is 1. The van der Waals surface area contributed by atoms with Crippen molar-refractivity contribution in [1.82, 2.24) is 9.88 Å². The van der Waals surface area contributed by atoms with Crippen LogP contribution in [0.1, 0.15) is 77.6 Å². The van der Waals surface area contributed by atoms with Gasteiger partial charge < -0.3 is 9.88 Å². The Balaban J connectivity index is 1.35. The highest BCUT2D eigenvalue weighted by Gasteiger charge is 2.18. The van der Waals surface area contributed by atoms with E-state index < -0.39 is 0 Å². The van der Waals surface area contributed by atoms with Gasteiger partial charge in [0.15, 0.2) is 0 Å². The Morgan fingerprint density at radius 3 is 2.27 bits per heavy atom. The SMILES string of the molecule is Cc1c(C)n(Cc2ccc(-c3ccccc3C#N)cc2)c2ccc(C(=O)NC(C)c3ccc(C(C)(C)C)cc3)cc12. The Labute approximate surface area is 243 Å². The smallest absolute Gasteiger partial charge is 0.251 e. The van der Waals surface area contributed by atoms with Crippen LogP contribution in [0.3, 0.4) is 0 Å². The van der Waals surface area contributed by atoms with Crippen molar-refractivity contribution in [2.24, 2.45) is 0 Å². The van der Waals surface area contributed by atoms with Gasteiger partial charge in [-0.25, -0.2) is 0 Å². The standard InChI is InChI=1S/C37H37N3O/c1-24-26(3)40(23-27-11-13-29(14-12-27)33-10-8-7-9-31(33)22-38)35-20-17-30(21-34(24)35)36(41)39-25(2)28-15-18-32(19-16-28)37(4,5)6/h7-21,25H,23H2,1-6H3,(H,39,41). The molecule has 5 aromatic rings. The van der Waals surface area contributed by atoms with Crippen LogP contribution in [0.25, 0.3) is 22.0 Å². The molecule has 41 heavy (non-hydrogen) atoms. The first-order chi connectivity index (χ1) is 19.6. The first kappa shape index (κ1) is 27.9. The molecule has 206 valence electrons. The Morgan fingerprint density at radius 2 is 1.61 bits per heavy atom. The van der Waals surface area contributed by atoms with Crippen LogP contribution in [0.5, 0.6) is 0 Å². The van der Waals surface area contributed by atoms with Gasteiger partial charge in [-0.2, -0.15) is 5.26 Å². The number of nitriles is 1. The molecule has 5 rings (SSSR count). The van der Waals surface area contributed by atoms with E-state index in [9.17, 15) is 10.1 Å². The minimum atomic E-state index is -0.0947. The minimum absolute atomic E-state index is 0.0719. The van der Waals surface area contributed by atoms with Crippen molar-refractivity contribution < 1.29 is 4.79 Å². The summed E-state index contributed by atoms with van der Waals surface area (Å²) in [6.07, 6.45) is 0. The number of aromatic nitrogens is 1. The number of hydrogen-bond donors (Lipinski definition) is 1. The molecule has 0 aliphatic rings. The molecule has 0 saturated carbocycles. The molecule has 1 unspecified atom stereocenters. The van der Waals surface area contributed by atoms with E-state index in [-0.39, 0.29) is 17.4 Å². The molecule has 0 spiro atoms. The number of hydrogen-bond acceptors (Lipinski definition) is 2. The molecule has 0 radical (unpaired) electrons. The van der Waals surface area contributed by atoms with Gasteiger partial charge in [-0.1, -0.05) is 87.5 Å². The molecule has 0 aliphatic heterocycles. The molecule has 4 aromatic carbocycles.